The summed E-state index contributed by atoms with van der Waals surface area (Å²) in [7, 11) is 10.9. The first kappa shape index (κ1) is 30.0. The molecule has 1 aliphatic rings. The van der Waals surface area contributed by atoms with E-state index in [4.69, 9.17) is 43.4 Å². The summed E-state index contributed by atoms with van der Waals surface area (Å²) in [5, 5.41) is 4.19. The highest BCUT2D eigenvalue weighted by Crippen LogP contribution is 2.31. The third-order valence-corrected chi connectivity index (χ3v) is 7.06. The standard InChI is InChI=1S/C25H34N4O6S2/c1-15(22(30)26-27(2)24(36)16-11-9-13-18(32-5)20(16)34-7)23(31)28(3)29(4)25(37)17-12-10-14-19(33-6)21(17)35-8/h9-15,17,21H,1-8H3,(H,26,30). The van der Waals surface area contributed by atoms with Gasteiger partial charge in [0.1, 0.15) is 27.8 Å². The first-order chi connectivity index (χ1) is 17.5. The minimum atomic E-state index is -1.04. The molecule has 0 fully saturated rings. The summed E-state index contributed by atoms with van der Waals surface area (Å²) < 4.78 is 21.7. The zero-order chi connectivity index (χ0) is 27.9. The summed E-state index contributed by atoms with van der Waals surface area (Å²) in [6, 6.07) is 5.26. The molecule has 0 aliphatic heterocycles. The van der Waals surface area contributed by atoms with Crippen LogP contribution in [0.2, 0.25) is 0 Å². The van der Waals surface area contributed by atoms with Crippen molar-refractivity contribution in [1.82, 2.24) is 20.5 Å². The minimum absolute atomic E-state index is 0.284. The Balaban J connectivity index is 2.09. The number of nitrogens with zero attached hydrogens (tertiary/aromatic N) is 3. The number of ether oxygens (including phenoxy) is 4. The molecule has 0 spiro atoms. The Morgan fingerprint density at radius 2 is 1.68 bits per heavy atom. The van der Waals surface area contributed by atoms with E-state index in [2.05, 4.69) is 5.43 Å². The number of thiocarbonyl (C=S) groups is 2. The summed E-state index contributed by atoms with van der Waals surface area (Å²) in [5.41, 5.74) is 3.22. The fraction of sp³-hybridized carbons (Fsp3) is 0.440. The smallest absolute Gasteiger partial charge is 0.253 e. The lowest BCUT2D eigenvalue weighted by molar-refractivity contribution is -0.148. The Hall–Kier alpha value is -3.22. The Morgan fingerprint density at radius 3 is 2.24 bits per heavy atom. The van der Waals surface area contributed by atoms with E-state index in [-0.39, 0.29) is 10.9 Å². The molecule has 0 heterocycles. The SMILES string of the molecule is COC1=CC=CC(C(=S)N(C)N(C)C(=O)C(C)C(=O)NN(C)C(=S)c2cccc(OC)c2OC)C1OC. The van der Waals surface area contributed by atoms with E-state index in [1.165, 1.54) is 36.2 Å². The largest absolute Gasteiger partial charge is 0.498 e. The number of amides is 2. The van der Waals surface area contributed by atoms with Crippen molar-refractivity contribution >= 4 is 46.2 Å². The molecule has 202 valence electrons. The number of methoxy groups -OCH3 is 4. The molecule has 2 rings (SSSR count). The molecule has 0 saturated carbocycles. The molecule has 0 aromatic heterocycles. The monoisotopic (exact) mass is 550 g/mol. The quantitative estimate of drug-likeness (QED) is 0.295. The van der Waals surface area contributed by atoms with Crippen molar-refractivity contribution in [3.05, 3.63) is 47.7 Å². The van der Waals surface area contributed by atoms with Crippen molar-refractivity contribution in [3.63, 3.8) is 0 Å². The molecular formula is C25H34N4O6S2. The van der Waals surface area contributed by atoms with Crippen LogP contribution in [0.3, 0.4) is 0 Å². The maximum absolute atomic E-state index is 13.2. The predicted molar refractivity (Wildman–Crippen MR) is 148 cm³/mol. The summed E-state index contributed by atoms with van der Waals surface area (Å²) in [6.45, 7) is 1.51. The minimum Gasteiger partial charge on any atom is -0.498 e. The molecule has 3 unspecified atom stereocenters. The number of carbonyl (C=O) groups is 2. The lowest BCUT2D eigenvalue weighted by Crippen LogP contribution is -2.53. The van der Waals surface area contributed by atoms with E-state index >= 15 is 0 Å². The van der Waals surface area contributed by atoms with Crippen molar-refractivity contribution in [1.29, 1.82) is 0 Å². The fourth-order valence-electron chi connectivity index (χ4n) is 3.75. The number of rotatable bonds is 8. The van der Waals surface area contributed by atoms with Crippen molar-refractivity contribution < 1.29 is 28.5 Å². The van der Waals surface area contributed by atoms with E-state index in [1.807, 2.05) is 12.2 Å². The van der Waals surface area contributed by atoms with Gasteiger partial charge in [-0.05, 0) is 25.1 Å². The second-order valence-corrected chi connectivity index (χ2v) is 8.97. The van der Waals surface area contributed by atoms with Crippen LogP contribution in [0.1, 0.15) is 12.5 Å². The van der Waals surface area contributed by atoms with Gasteiger partial charge in [0.2, 0.25) is 0 Å². The molecule has 10 nitrogen and oxygen atoms in total. The molecule has 12 heteroatoms. The highest BCUT2D eigenvalue weighted by Gasteiger charge is 2.35. The second kappa shape index (κ2) is 13.4. The Bertz CT molecular complexity index is 1090. The van der Waals surface area contributed by atoms with Crippen LogP contribution in [0.15, 0.2) is 42.2 Å². The van der Waals surface area contributed by atoms with Crippen LogP contribution in [0.4, 0.5) is 0 Å². The fourth-order valence-corrected chi connectivity index (χ4v) is 4.29. The maximum Gasteiger partial charge on any atom is 0.253 e. The number of benzene rings is 1. The number of allylic oxidation sites excluding steroid dienone is 2. The Kier molecular flexibility index (Phi) is 10.8. The van der Waals surface area contributed by atoms with Gasteiger partial charge in [-0.25, -0.2) is 0 Å². The summed E-state index contributed by atoms with van der Waals surface area (Å²) in [4.78, 5) is 26.9. The molecular weight excluding hydrogens is 516 g/mol. The number of para-hydroxylation sites is 1. The molecule has 1 aromatic carbocycles. The first-order valence-corrected chi connectivity index (χ1v) is 12.1. The van der Waals surface area contributed by atoms with Crippen molar-refractivity contribution in [2.24, 2.45) is 11.8 Å². The normalized spacial score (nSPS) is 17.1. The lowest BCUT2D eigenvalue weighted by Gasteiger charge is -2.37. The summed E-state index contributed by atoms with van der Waals surface area (Å²) in [6.07, 6.45) is 5.08. The van der Waals surface area contributed by atoms with Gasteiger partial charge in [-0.2, -0.15) is 0 Å². The predicted octanol–water partition coefficient (Wildman–Crippen LogP) is 2.34. The van der Waals surface area contributed by atoms with E-state index < -0.39 is 23.8 Å². The van der Waals surface area contributed by atoms with Crippen LogP contribution >= 0.6 is 24.4 Å². The van der Waals surface area contributed by atoms with Gasteiger partial charge in [0.15, 0.2) is 11.5 Å². The molecule has 1 N–H and O–H groups in total. The Morgan fingerprint density at radius 1 is 1.00 bits per heavy atom. The molecule has 37 heavy (non-hydrogen) atoms. The molecule has 3 atom stereocenters. The zero-order valence-corrected chi connectivity index (χ0v) is 23.9. The van der Waals surface area contributed by atoms with Crippen LogP contribution in [-0.2, 0) is 19.1 Å². The van der Waals surface area contributed by atoms with Crippen LogP contribution in [0.25, 0.3) is 0 Å². The molecule has 2 amide bonds. The number of hydrogen-bond acceptors (Lipinski definition) is 8. The number of hydrogen-bond donors (Lipinski definition) is 1. The molecule has 1 aliphatic carbocycles. The number of nitrogens with one attached hydrogen (secondary N) is 1. The lowest BCUT2D eigenvalue weighted by atomic mass is 9.95. The van der Waals surface area contributed by atoms with Gasteiger partial charge in [0.05, 0.1) is 32.8 Å². The van der Waals surface area contributed by atoms with Crippen LogP contribution in [0, 0.1) is 11.8 Å². The second-order valence-electron chi connectivity index (χ2n) is 8.17. The highest BCUT2D eigenvalue weighted by molar-refractivity contribution is 7.80. The van der Waals surface area contributed by atoms with E-state index in [9.17, 15) is 9.59 Å². The van der Waals surface area contributed by atoms with Gasteiger partial charge in [0, 0.05) is 28.3 Å². The van der Waals surface area contributed by atoms with E-state index in [0.29, 0.717) is 27.8 Å². The summed E-state index contributed by atoms with van der Waals surface area (Å²) >= 11 is 11.2. The Labute approximate surface area is 228 Å². The van der Waals surface area contributed by atoms with Gasteiger partial charge in [0.25, 0.3) is 11.8 Å². The highest BCUT2D eigenvalue weighted by atomic mass is 32.1. The third kappa shape index (κ3) is 6.56. The average molecular weight is 551 g/mol. The van der Waals surface area contributed by atoms with Gasteiger partial charge in [-0.3, -0.25) is 30.0 Å². The van der Waals surface area contributed by atoms with Gasteiger partial charge in [-0.15, -0.1) is 0 Å². The zero-order valence-electron chi connectivity index (χ0n) is 22.3. The van der Waals surface area contributed by atoms with Crippen molar-refractivity contribution in [2.75, 3.05) is 49.6 Å². The van der Waals surface area contributed by atoms with Gasteiger partial charge in [-0.1, -0.05) is 42.7 Å². The molecule has 0 radical (unpaired) electrons. The third-order valence-electron chi connectivity index (χ3n) is 6.03. The number of carbonyl (C=O) groups excluding carboxylic acids is 2. The van der Waals surface area contributed by atoms with Crippen LogP contribution < -0.4 is 14.9 Å². The molecule has 1 aromatic rings. The number of hydrazine groups is 2. The molecule has 0 saturated heterocycles. The molecule has 0 bridgehead atoms. The van der Waals surface area contributed by atoms with Gasteiger partial charge >= 0.3 is 0 Å². The van der Waals surface area contributed by atoms with E-state index in [0.717, 1.165) is 0 Å². The van der Waals surface area contributed by atoms with E-state index in [1.54, 1.807) is 59.6 Å². The average Bonchev–Trinajstić information content (AvgIpc) is 2.93. The summed E-state index contributed by atoms with van der Waals surface area (Å²) in [5.74, 6) is -0.820. The van der Waals surface area contributed by atoms with Crippen molar-refractivity contribution in [2.45, 2.75) is 13.0 Å². The maximum atomic E-state index is 13.2. The van der Waals surface area contributed by atoms with Crippen molar-refractivity contribution in [3.8, 4) is 11.5 Å². The topological polar surface area (TPSA) is 92.8 Å². The van der Waals surface area contributed by atoms with Crippen LogP contribution in [0.5, 0.6) is 11.5 Å². The van der Waals surface area contributed by atoms with Gasteiger partial charge < -0.3 is 18.9 Å². The van der Waals surface area contributed by atoms with Crippen LogP contribution in [-0.4, -0.2) is 92.5 Å². The first-order valence-electron chi connectivity index (χ1n) is 11.3.